The van der Waals surface area contributed by atoms with Gasteiger partial charge in [-0.25, -0.2) is 5.43 Å². The summed E-state index contributed by atoms with van der Waals surface area (Å²) in [6, 6.07) is 14.8. The van der Waals surface area contributed by atoms with Gasteiger partial charge in [-0.2, -0.15) is 18.3 Å². The summed E-state index contributed by atoms with van der Waals surface area (Å²) >= 11 is 9.64. The number of hydrazone groups is 1. The Bertz CT molecular complexity index is 1340. The van der Waals surface area contributed by atoms with Gasteiger partial charge in [-0.05, 0) is 64.8 Å². The van der Waals surface area contributed by atoms with E-state index in [0.717, 1.165) is 23.8 Å². The predicted molar refractivity (Wildman–Crippen MR) is 142 cm³/mol. The van der Waals surface area contributed by atoms with Crippen LogP contribution in [0.1, 0.15) is 30.0 Å². The van der Waals surface area contributed by atoms with Gasteiger partial charge < -0.3 is 14.8 Å². The number of alkyl halides is 3. The topological polar surface area (TPSA) is 89.0 Å². The highest BCUT2D eigenvalue weighted by Crippen LogP contribution is 2.37. The Balaban J connectivity index is 1.59. The number of nitrogens with zero attached hydrogens (tertiary/aromatic N) is 1. The molecule has 0 atom stereocenters. The van der Waals surface area contributed by atoms with Crippen LogP contribution in [0.3, 0.4) is 0 Å². The normalized spacial score (nSPS) is 11.3. The monoisotopic (exact) mass is 611 g/mol. The molecule has 2 N–H and O–H groups in total. The van der Waals surface area contributed by atoms with E-state index in [1.165, 1.54) is 12.3 Å². The van der Waals surface area contributed by atoms with Gasteiger partial charge in [0.05, 0.1) is 22.9 Å². The fraction of sp³-hybridized carbons (Fsp3) is 0.192. The van der Waals surface area contributed by atoms with Gasteiger partial charge >= 0.3 is 6.18 Å². The number of amides is 2. The Morgan fingerprint density at radius 3 is 2.53 bits per heavy atom. The Morgan fingerprint density at radius 1 is 1.05 bits per heavy atom. The Morgan fingerprint density at radius 2 is 1.82 bits per heavy atom. The molecule has 0 aromatic heterocycles. The largest absolute Gasteiger partial charge is 0.490 e. The summed E-state index contributed by atoms with van der Waals surface area (Å²) in [5.74, 6) is -0.658. The molecule has 200 valence electrons. The van der Waals surface area contributed by atoms with E-state index in [4.69, 9.17) is 21.1 Å². The minimum absolute atomic E-state index is 0.0775. The third-order valence-electron chi connectivity index (χ3n) is 4.86. The number of hydrogen-bond acceptors (Lipinski definition) is 5. The van der Waals surface area contributed by atoms with Gasteiger partial charge in [0.15, 0.2) is 11.5 Å². The summed E-state index contributed by atoms with van der Waals surface area (Å²) in [6.07, 6.45) is -3.85. The van der Waals surface area contributed by atoms with E-state index in [1.54, 1.807) is 18.2 Å². The number of hydrogen-bond donors (Lipinski definition) is 2. The van der Waals surface area contributed by atoms with E-state index in [1.807, 2.05) is 25.1 Å². The second kappa shape index (κ2) is 13.3. The molecule has 2 amide bonds. The van der Waals surface area contributed by atoms with Crippen molar-refractivity contribution in [3.63, 3.8) is 0 Å². The van der Waals surface area contributed by atoms with Crippen LogP contribution in [0.2, 0.25) is 5.02 Å². The molecule has 0 unspecified atom stereocenters. The number of anilines is 1. The van der Waals surface area contributed by atoms with Crippen molar-refractivity contribution in [2.75, 3.05) is 11.9 Å². The van der Waals surface area contributed by atoms with Gasteiger partial charge in [-0.1, -0.05) is 35.9 Å². The average Bonchev–Trinajstić information content (AvgIpc) is 2.84. The number of carbonyl (C=O) groups is 2. The maximum atomic E-state index is 12.8. The molecule has 7 nitrogen and oxygen atoms in total. The van der Waals surface area contributed by atoms with E-state index in [-0.39, 0.29) is 12.3 Å². The van der Waals surface area contributed by atoms with Crippen molar-refractivity contribution in [2.24, 2.45) is 5.10 Å². The van der Waals surface area contributed by atoms with Crippen molar-refractivity contribution < 1.29 is 32.2 Å². The van der Waals surface area contributed by atoms with Gasteiger partial charge in [-0.15, -0.1) is 0 Å². The lowest BCUT2D eigenvalue weighted by Gasteiger charge is -2.15. The third kappa shape index (κ3) is 8.49. The molecule has 0 saturated heterocycles. The standard InChI is InChI=1S/C26H22BrClF3N3O4/c1-2-37-22-11-16(10-20(27)25(22)38-15-17-6-3-4-9-21(17)28)14-32-34-24(36)13-23(35)33-19-8-5-7-18(12-19)26(29,30)31/h3-12,14H,2,13,15H2,1H3,(H,33,35)(H,34,36). The minimum Gasteiger partial charge on any atom is -0.490 e. The van der Waals surface area contributed by atoms with Crippen LogP contribution < -0.4 is 20.2 Å². The summed E-state index contributed by atoms with van der Waals surface area (Å²) in [6.45, 7) is 2.40. The molecule has 3 rings (SSSR count). The molecular formula is C26H22BrClF3N3O4. The SMILES string of the molecule is CCOc1cc(C=NNC(=O)CC(=O)Nc2cccc(C(F)(F)F)c2)cc(Br)c1OCc1ccccc1Cl. The zero-order chi connectivity index (χ0) is 27.7. The van der Waals surface area contributed by atoms with Crippen LogP contribution in [0.15, 0.2) is 70.2 Å². The maximum absolute atomic E-state index is 12.8. The van der Waals surface area contributed by atoms with Crippen molar-refractivity contribution in [3.05, 3.63) is 86.8 Å². The quantitative estimate of drug-likeness (QED) is 0.154. The lowest BCUT2D eigenvalue weighted by atomic mass is 10.2. The van der Waals surface area contributed by atoms with Crippen molar-refractivity contribution in [1.29, 1.82) is 0 Å². The number of benzene rings is 3. The first-order valence-corrected chi connectivity index (χ1v) is 12.4. The third-order valence-corrected chi connectivity index (χ3v) is 5.82. The van der Waals surface area contributed by atoms with Crippen molar-refractivity contribution in [3.8, 4) is 11.5 Å². The molecule has 3 aromatic carbocycles. The Labute approximate surface area is 230 Å². The zero-order valence-electron chi connectivity index (χ0n) is 19.9. The average molecular weight is 613 g/mol. The molecule has 0 spiro atoms. The summed E-state index contributed by atoms with van der Waals surface area (Å²) in [5.41, 5.74) is 2.57. The highest BCUT2D eigenvalue weighted by atomic mass is 79.9. The molecular weight excluding hydrogens is 591 g/mol. The molecule has 38 heavy (non-hydrogen) atoms. The maximum Gasteiger partial charge on any atom is 0.416 e. The van der Waals surface area contributed by atoms with Crippen molar-refractivity contribution >= 4 is 51.2 Å². The Hall–Kier alpha value is -3.57. The second-order valence-corrected chi connectivity index (χ2v) is 9.00. The molecule has 0 aliphatic rings. The fourth-order valence-corrected chi connectivity index (χ4v) is 3.94. The van der Waals surface area contributed by atoms with Crippen LogP contribution in [0.25, 0.3) is 0 Å². The van der Waals surface area contributed by atoms with E-state index in [9.17, 15) is 22.8 Å². The highest BCUT2D eigenvalue weighted by Gasteiger charge is 2.30. The van der Waals surface area contributed by atoms with Crippen molar-refractivity contribution in [2.45, 2.75) is 26.1 Å². The van der Waals surface area contributed by atoms with Crippen LogP contribution in [0.5, 0.6) is 11.5 Å². The minimum atomic E-state index is -4.55. The van der Waals surface area contributed by atoms with Gasteiger partial charge in [0.1, 0.15) is 13.0 Å². The molecule has 12 heteroatoms. The first-order chi connectivity index (χ1) is 18.1. The van der Waals surface area contributed by atoms with Gasteiger partial charge in [0.2, 0.25) is 11.8 Å². The molecule has 0 heterocycles. The smallest absolute Gasteiger partial charge is 0.416 e. The highest BCUT2D eigenvalue weighted by molar-refractivity contribution is 9.10. The van der Waals surface area contributed by atoms with Crippen LogP contribution in [-0.4, -0.2) is 24.6 Å². The van der Waals surface area contributed by atoms with Gasteiger partial charge in [0, 0.05) is 16.3 Å². The Kier molecular flexibility index (Phi) is 10.1. The first-order valence-electron chi connectivity index (χ1n) is 11.2. The number of halogens is 5. The summed E-state index contributed by atoms with van der Waals surface area (Å²) in [4.78, 5) is 24.1. The lowest BCUT2D eigenvalue weighted by Crippen LogP contribution is -2.24. The zero-order valence-corrected chi connectivity index (χ0v) is 22.3. The summed E-state index contributed by atoms with van der Waals surface area (Å²) < 4.78 is 50.6. The molecule has 3 aromatic rings. The molecule has 0 aliphatic heterocycles. The van der Waals surface area contributed by atoms with Crippen LogP contribution >= 0.6 is 27.5 Å². The van der Waals surface area contributed by atoms with E-state index in [2.05, 4.69) is 31.8 Å². The lowest BCUT2D eigenvalue weighted by molar-refractivity contribution is -0.137. The molecule has 0 radical (unpaired) electrons. The molecule has 0 bridgehead atoms. The predicted octanol–water partition coefficient (Wildman–Crippen LogP) is 6.58. The first kappa shape index (κ1) is 29.0. The van der Waals surface area contributed by atoms with E-state index >= 15 is 0 Å². The molecule has 0 aliphatic carbocycles. The summed E-state index contributed by atoms with van der Waals surface area (Å²) in [7, 11) is 0. The van der Waals surface area contributed by atoms with Crippen LogP contribution in [-0.2, 0) is 22.4 Å². The van der Waals surface area contributed by atoms with Crippen LogP contribution in [0.4, 0.5) is 18.9 Å². The van der Waals surface area contributed by atoms with Gasteiger partial charge in [-0.3, -0.25) is 9.59 Å². The number of rotatable bonds is 10. The second-order valence-electron chi connectivity index (χ2n) is 7.74. The molecule has 0 fully saturated rings. The van der Waals surface area contributed by atoms with Crippen molar-refractivity contribution in [1.82, 2.24) is 5.43 Å². The van der Waals surface area contributed by atoms with E-state index in [0.29, 0.717) is 33.2 Å². The summed E-state index contributed by atoms with van der Waals surface area (Å²) in [5, 5.41) is 6.67. The number of carbonyl (C=O) groups excluding carboxylic acids is 2. The number of ether oxygens (including phenoxy) is 2. The molecule has 0 saturated carbocycles. The van der Waals surface area contributed by atoms with Gasteiger partial charge in [0.25, 0.3) is 0 Å². The fourth-order valence-electron chi connectivity index (χ4n) is 3.17. The number of nitrogens with one attached hydrogen (secondary N) is 2. The van der Waals surface area contributed by atoms with Crippen LogP contribution in [0, 0.1) is 0 Å². The van der Waals surface area contributed by atoms with E-state index < -0.39 is 30.0 Å².